The van der Waals surface area contributed by atoms with Crippen LogP contribution < -0.4 is 4.74 Å². The van der Waals surface area contributed by atoms with Gasteiger partial charge in [-0.2, -0.15) is 5.10 Å². The molecule has 2 unspecified atom stereocenters. The first kappa shape index (κ1) is 22.0. The van der Waals surface area contributed by atoms with Crippen LogP contribution in [-0.4, -0.2) is 40.7 Å². The van der Waals surface area contributed by atoms with E-state index in [0.717, 1.165) is 16.8 Å². The van der Waals surface area contributed by atoms with Gasteiger partial charge in [0.15, 0.2) is 0 Å². The van der Waals surface area contributed by atoms with Crippen molar-refractivity contribution in [1.29, 1.82) is 0 Å². The molecule has 2 atom stereocenters. The Labute approximate surface area is 197 Å². The van der Waals surface area contributed by atoms with E-state index in [0.29, 0.717) is 11.3 Å². The normalized spacial score (nSPS) is 21.7. The molecule has 4 aromatic rings. The topological polar surface area (TPSA) is 82.8 Å². The first-order chi connectivity index (χ1) is 16.4. The van der Waals surface area contributed by atoms with E-state index in [9.17, 15) is 9.90 Å². The smallest absolute Gasteiger partial charge is 0.304 e. The predicted octanol–water partition coefficient (Wildman–Crippen LogP) is 4.26. The number of hydrogen-bond donors (Lipinski definition) is 1. The fourth-order valence-corrected chi connectivity index (χ4v) is 4.31. The summed E-state index contributed by atoms with van der Waals surface area (Å²) in [6, 6.07) is 24.0. The summed E-state index contributed by atoms with van der Waals surface area (Å²) < 4.78 is 19.3. The van der Waals surface area contributed by atoms with Gasteiger partial charge in [0.25, 0.3) is 0 Å². The molecular weight excluding hydrogens is 432 g/mol. The Bertz CT molecular complexity index is 1350. The number of nitrogens with zero attached hydrogens (tertiary/aromatic N) is 2. The quantitative estimate of drug-likeness (QED) is 0.452. The highest BCUT2D eigenvalue weighted by Gasteiger charge is 2.66. The number of para-hydroxylation sites is 2. The maximum Gasteiger partial charge on any atom is 0.304 e. The van der Waals surface area contributed by atoms with Crippen LogP contribution in [0.15, 0.2) is 85.1 Å². The minimum Gasteiger partial charge on any atom is -0.451 e. The molecule has 0 aliphatic carbocycles. The largest absolute Gasteiger partial charge is 0.451 e. The van der Waals surface area contributed by atoms with E-state index in [1.165, 1.54) is 14.2 Å². The van der Waals surface area contributed by atoms with Crippen LogP contribution in [0.1, 0.15) is 21.5 Å². The SMILES string of the molecule is COC1(O)C(=O)c2ccccc2OC1(OC)c1cn(-c2ccccc2)nc1-c1ccc(C)cc1. The van der Waals surface area contributed by atoms with Gasteiger partial charge in [-0.1, -0.05) is 60.2 Å². The number of methoxy groups -OCH3 is 2. The van der Waals surface area contributed by atoms with Crippen LogP contribution in [0.2, 0.25) is 0 Å². The average Bonchev–Trinajstić information content (AvgIpc) is 3.33. The number of aliphatic hydroxyl groups is 1. The third kappa shape index (κ3) is 3.17. The van der Waals surface area contributed by atoms with Crippen molar-refractivity contribution in [2.75, 3.05) is 14.2 Å². The number of hydrogen-bond acceptors (Lipinski definition) is 6. The van der Waals surface area contributed by atoms with E-state index in [1.807, 2.05) is 61.5 Å². The fourth-order valence-electron chi connectivity index (χ4n) is 4.31. The molecule has 0 fully saturated rings. The maximum absolute atomic E-state index is 13.5. The van der Waals surface area contributed by atoms with Gasteiger partial charge < -0.3 is 19.3 Å². The second-order valence-electron chi connectivity index (χ2n) is 8.13. The maximum atomic E-state index is 13.5. The van der Waals surface area contributed by atoms with Gasteiger partial charge >= 0.3 is 11.6 Å². The molecule has 3 aromatic carbocycles. The average molecular weight is 456 g/mol. The molecule has 5 rings (SSSR count). The third-order valence-corrected chi connectivity index (χ3v) is 6.14. The van der Waals surface area contributed by atoms with E-state index in [4.69, 9.17) is 19.3 Å². The molecule has 1 N–H and O–H groups in total. The zero-order valence-corrected chi connectivity index (χ0v) is 19.1. The lowest BCUT2D eigenvalue weighted by Gasteiger charge is -2.46. The standard InChI is InChI=1S/C27H24N2O5/c1-18-13-15-19(16-14-18)24-22(17-29(28-24)20-9-5-4-6-10-20)27(33-3)26(31,32-2)25(30)21-11-7-8-12-23(21)34-27/h4-17,31H,1-3H3. The van der Waals surface area contributed by atoms with Crippen LogP contribution in [-0.2, 0) is 15.3 Å². The summed E-state index contributed by atoms with van der Waals surface area (Å²) in [7, 11) is 2.61. The van der Waals surface area contributed by atoms with Crippen molar-refractivity contribution in [2.45, 2.75) is 18.5 Å². The highest BCUT2D eigenvalue weighted by atomic mass is 16.8. The van der Waals surface area contributed by atoms with E-state index in [2.05, 4.69) is 0 Å². The lowest BCUT2D eigenvalue weighted by molar-refractivity contribution is -0.345. The van der Waals surface area contributed by atoms with Crippen molar-refractivity contribution in [1.82, 2.24) is 9.78 Å². The summed E-state index contributed by atoms with van der Waals surface area (Å²) >= 11 is 0. The Morgan fingerprint density at radius 3 is 2.26 bits per heavy atom. The van der Waals surface area contributed by atoms with Crippen molar-refractivity contribution in [3.63, 3.8) is 0 Å². The first-order valence-electron chi connectivity index (χ1n) is 10.8. The summed E-state index contributed by atoms with van der Waals surface area (Å²) in [6.07, 6.45) is 1.69. The van der Waals surface area contributed by atoms with E-state index in [1.54, 1.807) is 35.1 Å². The Morgan fingerprint density at radius 1 is 0.912 bits per heavy atom. The molecule has 7 nitrogen and oxygen atoms in total. The van der Waals surface area contributed by atoms with Gasteiger partial charge in [-0.25, -0.2) is 4.68 Å². The number of rotatable bonds is 5. The molecule has 34 heavy (non-hydrogen) atoms. The van der Waals surface area contributed by atoms with Crippen molar-refractivity contribution in [2.24, 2.45) is 0 Å². The van der Waals surface area contributed by atoms with Crippen molar-refractivity contribution < 1.29 is 24.1 Å². The lowest BCUT2D eigenvalue weighted by atomic mass is 9.86. The number of benzene rings is 3. The second-order valence-corrected chi connectivity index (χ2v) is 8.13. The molecule has 0 spiro atoms. The van der Waals surface area contributed by atoms with Crippen LogP contribution in [0, 0.1) is 6.92 Å². The van der Waals surface area contributed by atoms with E-state index in [-0.39, 0.29) is 11.3 Å². The minimum atomic E-state index is -2.47. The first-order valence-corrected chi connectivity index (χ1v) is 10.8. The molecule has 1 aromatic heterocycles. The molecule has 0 saturated heterocycles. The summed E-state index contributed by atoms with van der Waals surface area (Å²) in [6.45, 7) is 1.99. The zero-order chi connectivity index (χ0) is 23.9. The minimum absolute atomic E-state index is 0.201. The van der Waals surface area contributed by atoms with Crippen LogP contribution in [0.3, 0.4) is 0 Å². The molecule has 0 radical (unpaired) electrons. The van der Waals surface area contributed by atoms with Crippen molar-refractivity contribution >= 4 is 5.78 Å². The number of carbonyl (C=O) groups is 1. The molecule has 1 aliphatic rings. The van der Waals surface area contributed by atoms with E-state index < -0.39 is 17.4 Å². The number of ketones is 1. The third-order valence-electron chi connectivity index (χ3n) is 6.14. The molecule has 0 amide bonds. The Morgan fingerprint density at radius 2 is 1.59 bits per heavy atom. The number of aromatic nitrogens is 2. The van der Waals surface area contributed by atoms with Gasteiger partial charge in [-0.05, 0) is 31.2 Å². The fraction of sp³-hybridized carbons (Fsp3) is 0.185. The Hall–Kier alpha value is -3.78. The Balaban J connectivity index is 1.80. The van der Waals surface area contributed by atoms with Gasteiger partial charge in [0.2, 0.25) is 5.78 Å². The van der Waals surface area contributed by atoms with Crippen molar-refractivity contribution in [3.8, 4) is 22.7 Å². The molecule has 7 heteroatoms. The number of ether oxygens (including phenoxy) is 3. The number of fused-ring (bicyclic) bond motifs is 1. The van der Waals surface area contributed by atoms with Gasteiger partial charge in [0.05, 0.1) is 16.8 Å². The molecule has 0 bridgehead atoms. The summed E-state index contributed by atoms with van der Waals surface area (Å²) in [5, 5.41) is 16.5. The number of aryl methyl sites for hydroxylation is 1. The summed E-state index contributed by atoms with van der Waals surface area (Å²) in [5.41, 5.74) is 3.66. The number of carbonyl (C=O) groups excluding carboxylic acids is 1. The molecule has 172 valence electrons. The highest BCUT2D eigenvalue weighted by molar-refractivity contribution is 6.05. The highest BCUT2D eigenvalue weighted by Crippen LogP contribution is 2.49. The van der Waals surface area contributed by atoms with Crippen LogP contribution in [0.5, 0.6) is 5.75 Å². The van der Waals surface area contributed by atoms with Crippen LogP contribution in [0.25, 0.3) is 16.9 Å². The molecule has 1 aliphatic heterocycles. The summed E-state index contributed by atoms with van der Waals surface area (Å²) in [5.74, 6) is -4.89. The lowest BCUT2D eigenvalue weighted by Crippen LogP contribution is -2.64. The van der Waals surface area contributed by atoms with Gasteiger partial charge in [-0.3, -0.25) is 4.79 Å². The van der Waals surface area contributed by atoms with Crippen LogP contribution in [0.4, 0.5) is 0 Å². The predicted molar refractivity (Wildman–Crippen MR) is 126 cm³/mol. The Kier molecular flexibility index (Phi) is 5.32. The van der Waals surface area contributed by atoms with Gasteiger partial charge in [0, 0.05) is 26.0 Å². The van der Waals surface area contributed by atoms with Crippen LogP contribution >= 0.6 is 0 Å². The summed E-state index contributed by atoms with van der Waals surface area (Å²) in [4.78, 5) is 13.5. The number of Topliss-reactive ketones (excluding diaryl/α,β-unsaturated/α-hetero) is 1. The monoisotopic (exact) mass is 456 g/mol. The van der Waals surface area contributed by atoms with E-state index >= 15 is 0 Å². The second kappa shape index (κ2) is 8.22. The molecule has 2 heterocycles. The molecule has 0 saturated carbocycles. The van der Waals surface area contributed by atoms with Gasteiger partial charge in [0.1, 0.15) is 11.4 Å². The zero-order valence-electron chi connectivity index (χ0n) is 19.1. The van der Waals surface area contributed by atoms with Crippen molar-refractivity contribution in [3.05, 3.63) is 102 Å². The van der Waals surface area contributed by atoms with Gasteiger partial charge in [-0.15, -0.1) is 0 Å². The molecular formula is C27H24N2O5.